The van der Waals surface area contributed by atoms with Gasteiger partial charge in [-0.05, 0) is 37.1 Å². The molecule has 0 radical (unpaired) electrons. The van der Waals surface area contributed by atoms with Gasteiger partial charge in [-0.25, -0.2) is 9.78 Å². The standard InChI is InChI=1S/C17H21N4O9P.C4H4N2O2.Na/c1-7-3-9-10(4-8(7)2)21(15-13(18-9)16(25)20-17(26)19-15)5-11(22)14(24)12(23)6-30-31(27,28)29;7-6(8)4-1-2-5-3-4;/h3-4,11-12,14,22-24H,5-6H2,1-2H3,(H,20,25,26)(H2,27,28,29);1-3,5H;/q;;+1/p-1/t11-,12+,14-;;/m0../s1. The van der Waals surface area contributed by atoms with Crippen molar-refractivity contribution < 1.29 is 68.7 Å². The molecule has 1 unspecified atom stereocenters. The monoisotopic (exact) mass is 590 g/mol. The van der Waals surface area contributed by atoms with Crippen LogP contribution in [0.15, 0.2) is 40.2 Å². The summed E-state index contributed by atoms with van der Waals surface area (Å²) in [5, 5.41) is 40.3. The number of hydrogen-bond acceptors (Lipinski definition) is 12. The molecule has 4 rings (SSSR count). The van der Waals surface area contributed by atoms with E-state index in [4.69, 9.17) is 4.89 Å². The Morgan fingerprint density at radius 2 is 1.80 bits per heavy atom. The molecule has 19 heteroatoms. The third-order valence-electron chi connectivity index (χ3n) is 5.58. The van der Waals surface area contributed by atoms with Gasteiger partial charge in [-0.15, -0.1) is 0 Å². The quantitative estimate of drug-likeness (QED) is 0.0373. The first kappa shape index (κ1) is 33.4. The molecule has 0 amide bonds. The maximum absolute atomic E-state index is 12.2. The molecule has 4 atom stereocenters. The number of nitrogens with zero attached hydrogens (tertiary/aromatic N) is 4. The third-order valence-corrected chi connectivity index (χ3v) is 6.06. The van der Waals surface area contributed by atoms with Crippen molar-refractivity contribution in [2.24, 2.45) is 0 Å². The van der Waals surface area contributed by atoms with Crippen LogP contribution in [0.3, 0.4) is 0 Å². The first-order valence-corrected chi connectivity index (χ1v) is 12.6. The number of nitro groups is 1. The number of fused-ring (bicyclic) bond motifs is 2. The van der Waals surface area contributed by atoms with Crippen LogP contribution in [0, 0.1) is 24.0 Å². The predicted molar refractivity (Wildman–Crippen MR) is 132 cm³/mol. The molecule has 6 N–H and O–H groups in total. The summed E-state index contributed by atoms with van der Waals surface area (Å²) in [6.45, 7) is 2.20. The first-order chi connectivity index (χ1) is 18.2. The smallest absolute Gasteiger partial charge is 0.756 e. The number of aryl methyl sites for hydroxylation is 2. The molecule has 1 aromatic carbocycles. The Bertz CT molecular complexity index is 1600. The van der Waals surface area contributed by atoms with Gasteiger partial charge in [0.15, 0.2) is 11.5 Å². The average Bonchev–Trinajstić information content (AvgIpc) is 3.39. The number of phosphoric ester groups is 1. The van der Waals surface area contributed by atoms with Gasteiger partial charge < -0.3 is 39.2 Å². The fourth-order valence-electron chi connectivity index (χ4n) is 3.48. The van der Waals surface area contributed by atoms with Gasteiger partial charge in [-0.1, -0.05) is 0 Å². The fourth-order valence-corrected chi connectivity index (χ4v) is 3.83. The van der Waals surface area contributed by atoms with Crippen molar-refractivity contribution in [2.75, 3.05) is 6.61 Å². The molecule has 0 fully saturated rings. The minimum atomic E-state index is -5.14. The van der Waals surface area contributed by atoms with Crippen LogP contribution in [-0.4, -0.2) is 74.6 Å². The van der Waals surface area contributed by atoms with Crippen LogP contribution in [0.4, 0.5) is 5.69 Å². The summed E-state index contributed by atoms with van der Waals surface area (Å²) < 4.78 is 16.0. The second kappa shape index (κ2) is 13.7. The van der Waals surface area contributed by atoms with E-state index in [9.17, 15) is 44.5 Å². The summed E-state index contributed by atoms with van der Waals surface area (Å²) in [5.74, 6) is -0.152. The van der Waals surface area contributed by atoms with Crippen LogP contribution < -0.4 is 45.7 Å². The van der Waals surface area contributed by atoms with Crippen molar-refractivity contribution in [3.8, 4) is 11.5 Å². The van der Waals surface area contributed by atoms with Crippen LogP contribution in [0.1, 0.15) is 11.1 Å². The second-order valence-corrected chi connectivity index (χ2v) is 9.60. The van der Waals surface area contributed by atoms with Gasteiger partial charge in [-0.3, -0.25) is 24.5 Å². The number of phosphoric acid groups is 1. The van der Waals surface area contributed by atoms with E-state index in [0.717, 1.165) is 11.1 Å². The molecule has 0 saturated carbocycles. The van der Waals surface area contributed by atoms with E-state index in [2.05, 4.69) is 19.5 Å². The largest absolute Gasteiger partial charge is 1.00 e. The molecule has 2 aliphatic rings. The Kier molecular flexibility index (Phi) is 11.4. The number of aromatic amines is 2. The average molecular weight is 590 g/mol. The van der Waals surface area contributed by atoms with Crippen molar-refractivity contribution in [1.82, 2.24) is 24.5 Å². The molecule has 0 spiro atoms. The van der Waals surface area contributed by atoms with Crippen molar-refractivity contribution >= 4 is 24.5 Å². The van der Waals surface area contributed by atoms with Crippen molar-refractivity contribution in [3.05, 3.63) is 72.7 Å². The molecule has 17 nitrogen and oxygen atoms in total. The number of aromatic nitrogens is 5. The Morgan fingerprint density at radius 3 is 2.35 bits per heavy atom. The van der Waals surface area contributed by atoms with E-state index in [1.54, 1.807) is 12.1 Å². The maximum Gasteiger partial charge on any atom is 1.00 e. The molecule has 40 heavy (non-hydrogen) atoms. The molecule has 210 valence electrons. The summed E-state index contributed by atoms with van der Waals surface area (Å²) in [4.78, 5) is 65.3. The van der Waals surface area contributed by atoms with Gasteiger partial charge in [0.05, 0.1) is 35.3 Å². The minimum absolute atomic E-state index is 0. The Balaban J connectivity index is 0.000000535. The summed E-state index contributed by atoms with van der Waals surface area (Å²) in [7, 11) is -5.14. The van der Waals surface area contributed by atoms with E-state index in [1.165, 1.54) is 23.0 Å². The van der Waals surface area contributed by atoms with Gasteiger partial charge in [0, 0.05) is 12.3 Å². The van der Waals surface area contributed by atoms with Crippen molar-refractivity contribution in [1.29, 1.82) is 0 Å². The molecule has 2 aromatic rings. The predicted octanol–water partition coefficient (Wildman–Crippen LogP) is -4.31. The Hall–Kier alpha value is -2.83. The maximum atomic E-state index is 12.2. The van der Waals surface area contributed by atoms with Gasteiger partial charge in [0.1, 0.15) is 18.3 Å². The third kappa shape index (κ3) is 8.34. The van der Waals surface area contributed by atoms with E-state index in [-0.39, 0.29) is 46.8 Å². The van der Waals surface area contributed by atoms with Crippen molar-refractivity contribution in [2.45, 2.75) is 38.7 Å². The van der Waals surface area contributed by atoms with Gasteiger partial charge in [0.25, 0.3) is 19.1 Å². The van der Waals surface area contributed by atoms with Gasteiger partial charge >= 0.3 is 35.2 Å². The van der Waals surface area contributed by atoms with Crippen LogP contribution in [-0.2, 0) is 15.6 Å². The Morgan fingerprint density at radius 1 is 1.15 bits per heavy atom. The number of H-pyrrole nitrogens is 2. The van der Waals surface area contributed by atoms with Gasteiger partial charge in [-0.2, -0.15) is 4.98 Å². The first-order valence-electron chi connectivity index (χ1n) is 11.1. The summed E-state index contributed by atoms with van der Waals surface area (Å²) in [6, 6.07) is 4.80. The number of benzene rings is 1. The number of nitrogens with one attached hydrogen (secondary N) is 2. The summed E-state index contributed by atoms with van der Waals surface area (Å²) in [5.41, 5.74) is 0.667. The summed E-state index contributed by atoms with van der Waals surface area (Å²) >= 11 is 0. The molecule has 2 aliphatic heterocycles. The number of aliphatic hydroxyl groups excluding tert-OH is 3. The number of aliphatic hydroxyl groups is 3. The zero-order chi connectivity index (χ0) is 29.1. The molecule has 3 heterocycles. The molecular formula is C21H24N6NaO11P. The molecule has 1 aromatic heterocycles. The van der Waals surface area contributed by atoms with Crippen LogP contribution in [0.5, 0.6) is 0 Å². The van der Waals surface area contributed by atoms with Crippen LogP contribution in [0.2, 0.25) is 0 Å². The zero-order valence-corrected chi connectivity index (χ0v) is 24.3. The molecular weight excluding hydrogens is 566 g/mol. The molecule has 0 aliphatic carbocycles. The number of rotatable bonds is 8. The van der Waals surface area contributed by atoms with E-state index >= 15 is 0 Å². The normalized spacial score (nSPS) is 14.9. The van der Waals surface area contributed by atoms with E-state index in [0.29, 0.717) is 11.0 Å². The molecule has 0 saturated heterocycles. The number of hydrogen-bond donors (Lipinski definition) is 6. The minimum Gasteiger partial charge on any atom is -0.756 e. The SMILES string of the molecule is Cc1cc2nc3c(=O)[nH]c(=O)nc-3n(C[C@H](O)[C@H](O)[C@H](O)COP(=O)([O-])O)c2cc1C.O=[N+]([O-])c1cc[nH]c1.[Na+]. The van der Waals surface area contributed by atoms with Crippen LogP contribution >= 0.6 is 7.82 Å². The summed E-state index contributed by atoms with van der Waals surface area (Å²) in [6.07, 6.45) is -2.64. The van der Waals surface area contributed by atoms with Crippen molar-refractivity contribution in [3.63, 3.8) is 0 Å². The Labute approximate surface area is 246 Å². The van der Waals surface area contributed by atoms with E-state index in [1.807, 2.05) is 18.8 Å². The fraction of sp³-hybridized carbons (Fsp3) is 0.333. The van der Waals surface area contributed by atoms with Crippen LogP contribution in [0.25, 0.3) is 22.6 Å². The molecule has 0 bridgehead atoms. The second-order valence-electron chi connectivity index (χ2n) is 8.41. The zero-order valence-electron chi connectivity index (χ0n) is 21.4. The van der Waals surface area contributed by atoms with E-state index < -0.39 is 55.5 Å². The topological polar surface area (TPSA) is 270 Å². The van der Waals surface area contributed by atoms with Gasteiger partial charge in [0.2, 0.25) is 0 Å².